The minimum absolute atomic E-state index is 0.533. The maximum absolute atomic E-state index is 8.55. The largest absolute Gasteiger partial charge is 0.385 e. The van der Waals surface area contributed by atoms with Crippen LogP contribution in [-0.4, -0.2) is 0 Å². The fraction of sp³-hybridized carbons (Fsp3) is 0. The molecule has 2 nitrogen and oxygen atoms in total. The summed E-state index contributed by atoms with van der Waals surface area (Å²) in [7, 11) is 0. The van der Waals surface area contributed by atoms with Crippen molar-refractivity contribution in [3.63, 3.8) is 0 Å². The molecule has 0 N–H and O–H groups in total. The number of halogens is 1. The average molecular weight is 216 g/mol. The molecule has 72 valence electrons. The fourth-order valence-corrected chi connectivity index (χ4v) is 1.65. The number of hydrogen-bond acceptors (Lipinski definition) is 1. The van der Waals surface area contributed by atoms with Gasteiger partial charge >= 0.3 is 5.69 Å². The van der Waals surface area contributed by atoms with Crippen molar-refractivity contribution < 1.29 is 0 Å². The van der Waals surface area contributed by atoms with E-state index in [2.05, 4.69) is 4.98 Å². The first kappa shape index (κ1) is 9.70. The van der Waals surface area contributed by atoms with Crippen molar-refractivity contribution in [1.82, 2.24) is 0 Å². The van der Waals surface area contributed by atoms with E-state index in [0.717, 1.165) is 11.1 Å². The third-order valence-electron chi connectivity index (χ3n) is 2.17. The van der Waals surface area contributed by atoms with Gasteiger partial charge in [0.1, 0.15) is 0 Å². The molecular formula is C12H8ClN2+. The van der Waals surface area contributed by atoms with Gasteiger partial charge in [-0.25, -0.2) is 0 Å². The highest BCUT2D eigenvalue weighted by Crippen LogP contribution is 2.28. The number of benzene rings is 2. The van der Waals surface area contributed by atoms with E-state index in [-0.39, 0.29) is 0 Å². The third kappa shape index (κ3) is 1.98. The van der Waals surface area contributed by atoms with Crippen LogP contribution in [0.25, 0.3) is 16.1 Å². The molecule has 0 amide bonds. The first-order valence-electron chi connectivity index (χ1n) is 4.51. The summed E-state index contributed by atoms with van der Waals surface area (Å²) in [5.41, 5.74) is 2.52. The van der Waals surface area contributed by atoms with Crippen molar-refractivity contribution in [2.75, 3.05) is 0 Å². The van der Waals surface area contributed by atoms with Crippen LogP contribution in [0.3, 0.4) is 0 Å². The van der Waals surface area contributed by atoms with E-state index in [4.69, 9.17) is 17.0 Å². The monoisotopic (exact) mass is 215 g/mol. The van der Waals surface area contributed by atoms with Gasteiger partial charge in [-0.05, 0) is 23.8 Å². The molecule has 2 rings (SSSR count). The zero-order valence-electron chi connectivity index (χ0n) is 7.89. The van der Waals surface area contributed by atoms with Gasteiger partial charge in [0, 0.05) is 22.7 Å². The smallest absolute Gasteiger partial charge is 0.0837 e. The van der Waals surface area contributed by atoms with Gasteiger partial charge in [-0.3, -0.25) is 0 Å². The van der Waals surface area contributed by atoms with Gasteiger partial charge in [0.15, 0.2) is 4.98 Å². The Morgan fingerprint density at radius 2 is 1.60 bits per heavy atom. The number of rotatable bonds is 1. The fourth-order valence-electron chi connectivity index (χ4n) is 1.40. The molecule has 0 fully saturated rings. The van der Waals surface area contributed by atoms with E-state index in [1.165, 1.54) is 0 Å². The van der Waals surface area contributed by atoms with Crippen LogP contribution in [0.2, 0.25) is 5.02 Å². The van der Waals surface area contributed by atoms with E-state index < -0.39 is 0 Å². The highest BCUT2D eigenvalue weighted by atomic mass is 35.5. The SMILES string of the molecule is N#[N+]c1ccc(-c2ccccc2Cl)cc1. The predicted octanol–water partition coefficient (Wildman–Crippen LogP) is 4.49. The normalized spacial score (nSPS) is 9.60. The Morgan fingerprint density at radius 1 is 0.933 bits per heavy atom. The Kier molecular flexibility index (Phi) is 2.66. The Hall–Kier alpha value is -1.85. The molecule has 0 saturated heterocycles. The molecule has 2 aromatic carbocycles. The van der Waals surface area contributed by atoms with Gasteiger partial charge in [0.25, 0.3) is 0 Å². The van der Waals surface area contributed by atoms with Crippen molar-refractivity contribution in [3.8, 4) is 11.1 Å². The molecular weight excluding hydrogens is 208 g/mol. The van der Waals surface area contributed by atoms with E-state index >= 15 is 0 Å². The van der Waals surface area contributed by atoms with Gasteiger partial charge in [0.2, 0.25) is 5.39 Å². The molecule has 0 saturated carbocycles. The molecule has 3 heteroatoms. The third-order valence-corrected chi connectivity index (χ3v) is 2.50. The summed E-state index contributed by atoms with van der Waals surface area (Å²) in [5.74, 6) is 0. The van der Waals surface area contributed by atoms with E-state index in [0.29, 0.717) is 10.7 Å². The van der Waals surface area contributed by atoms with Crippen molar-refractivity contribution in [2.45, 2.75) is 0 Å². The second-order valence-corrected chi connectivity index (χ2v) is 3.53. The van der Waals surface area contributed by atoms with Crippen LogP contribution < -0.4 is 0 Å². The summed E-state index contributed by atoms with van der Waals surface area (Å²) in [5, 5.41) is 9.27. The molecule has 0 aliphatic heterocycles. The average Bonchev–Trinajstić information content (AvgIpc) is 2.30. The molecule has 0 unspecified atom stereocenters. The Bertz CT molecular complexity index is 512. The van der Waals surface area contributed by atoms with E-state index in [9.17, 15) is 0 Å². The highest BCUT2D eigenvalue weighted by molar-refractivity contribution is 6.33. The first-order chi connectivity index (χ1) is 7.31. The molecule has 0 spiro atoms. The Morgan fingerprint density at radius 3 is 2.20 bits per heavy atom. The molecule has 0 radical (unpaired) electrons. The highest BCUT2D eigenvalue weighted by Gasteiger charge is 2.06. The van der Waals surface area contributed by atoms with Crippen molar-refractivity contribution in [2.24, 2.45) is 0 Å². The maximum atomic E-state index is 8.55. The zero-order chi connectivity index (χ0) is 10.7. The Labute approximate surface area is 92.8 Å². The minimum Gasteiger partial charge on any atom is -0.0837 e. The summed E-state index contributed by atoms with van der Waals surface area (Å²) < 4.78 is 0. The van der Waals surface area contributed by atoms with Gasteiger partial charge in [-0.15, -0.1) is 0 Å². The number of hydrogen-bond donors (Lipinski definition) is 0. The molecule has 0 heterocycles. The standard InChI is InChI=1S/C12H8ClN2/c13-12-4-2-1-3-11(12)9-5-7-10(15-14)8-6-9/h1-8H/q+1. The predicted molar refractivity (Wildman–Crippen MR) is 61.6 cm³/mol. The van der Waals surface area contributed by atoms with Crippen molar-refractivity contribution in [1.29, 1.82) is 5.39 Å². The maximum Gasteiger partial charge on any atom is 0.385 e. The lowest BCUT2D eigenvalue weighted by atomic mass is 10.1. The summed E-state index contributed by atoms with van der Waals surface area (Å²) in [6, 6.07) is 14.8. The van der Waals surface area contributed by atoms with Crippen LogP contribution >= 0.6 is 11.6 Å². The van der Waals surface area contributed by atoms with Gasteiger partial charge in [0.05, 0.1) is 0 Å². The summed E-state index contributed by atoms with van der Waals surface area (Å²) in [6.45, 7) is 0. The summed E-state index contributed by atoms with van der Waals surface area (Å²) in [6.07, 6.45) is 0. The van der Waals surface area contributed by atoms with E-state index in [1.54, 1.807) is 12.1 Å². The lowest BCUT2D eigenvalue weighted by Crippen LogP contribution is -1.77. The molecule has 15 heavy (non-hydrogen) atoms. The quantitative estimate of drug-likeness (QED) is 0.644. The first-order valence-corrected chi connectivity index (χ1v) is 4.89. The molecule has 0 aromatic heterocycles. The molecule has 0 aliphatic rings. The lowest BCUT2D eigenvalue weighted by molar-refractivity contribution is 1.46. The van der Waals surface area contributed by atoms with Crippen LogP contribution in [0.4, 0.5) is 5.69 Å². The van der Waals surface area contributed by atoms with Crippen molar-refractivity contribution >= 4 is 17.3 Å². The van der Waals surface area contributed by atoms with Crippen LogP contribution in [0.15, 0.2) is 48.5 Å². The number of diazo groups is 1. The van der Waals surface area contributed by atoms with Crippen LogP contribution in [0, 0.1) is 5.39 Å². The Balaban J connectivity index is 2.47. The molecule has 0 bridgehead atoms. The molecule has 2 aromatic rings. The second kappa shape index (κ2) is 4.12. The van der Waals surface area contributed by atoms with Crippen LogP contribution in [-0.2, 0) is 0 Å². The minimum atomic E-state index is 0.533. The van der Waals surface area contributed by atoms with E-state index in [1.807, 2.05) is 36.4 Å². The van der Waals surface area contributed by atoms with Crippen molar-refractivity contribution in [3.05, 3.63) is 58.5 Å². The lowest BCUT2D eigenvalue weighted by Gasteiger charge is -2.02. The van der Waals surface area contributed by atoms with Gasteiger partial charge in [-0.2, -0.15) is 0 Å². The van der Waals surface area contributed by atoms with Crippen LogP contribution in [0.1, 0.15) is 0 Å². The van der Waals surface area contributed by atoms with Crippen LogP contribution in [0.5, 0.6) is 0 Å². The number of nitrogens with zero attached hydrogens (tertiary/aromatic N) is 2. The van der Waals surface area contributed by atoms with Gasteiger partial charge in [-0.1, -0.05) is 29.8 Å². The molecule has 0 aliphatic carbocycles. The summed E-state index contributed by atoms with van der Waals surface area (Å²) >= 11 is 6.06. The van der Waals surface area contributed by atoms with Gasteiger partial charge < -0.3 is 0 Å². The molecule has 0 atom stereocenters. The second-order valence-electron chi connectivity index (χ2n) is 3.13. The zero-order valence-corrected chi connectivity index (χ0v) is 8.65. The topological polar surface area (TPSA) is 28.1 Å². The summed E-state index contributed by atoms with van der Waals surface area (Å²) in [4.78, 5) is 3.09.